The van der Waals surface area contributed by atoms with Crippen molar-refractivity contribution in [2.24, 2.45) is 0 Å². The van der Waals surface area contributed by atoms with Crippen LogP contribution in [0.5, 0.6) is 0 Å². The molecule has 0 saturated carbocycles. The summed E-state index contributed by atoms with van der Waals surface area (Å²) >= 11 is 5.39. The molecular formula is C6H6ClF2N3O. The summed E-state index contributed by atoms with van der Waals surface area (Å²) in [6.07, 6.45) is -1.69. The van der Waals surface area contributed by atoms with E-state index in [-0.39, 0.29) is 10.8 Å². The molecule has 72 valence electrons. The van der Waals surface area contributed by atoms with Gasteiger partial charge in [-0.2, -0.15) is 0 Å². The Bertz CT molecular complexity index is 365. The smallest absolute Gasteiger partial charge is 0.278 e. The maximum absolute atomic E-state index is 11.9. The molecule has 0 radical (unpaired) electrons. The first-order valence-corrected chi connectivity index (χ1v) is 3.68. The average Bonchev–Trinajstić information content (AvgIpc) is 2.06. The molecule has 0 atom stereocenters. The number of halogens is 3. The highest BCUT2D eigenvalue weighted by atomic mass is 35.5. The van der Waals surface area contributed by atoms with Crippen molar-refractivity contribution >= 4 is 17.3 Å². The Hall–Kier alpha value is -1.17. The lowest BCUT2D eigenvalue weighted by Crippen LogP contribution is -2.26. The highest BCUT2D eigenvalue weighted by molar-refractivity contribution is 6.31. The van der Waals surface area contributed by atoms with Crippen LogP contribution >= 0.6 is 11.6 Å². The van der Waals surface area contributed by atoms with Crippen molar-refractivity contribution in [3.8, 4) is 0 Å². The Balaban J connectivity index is 3.12. The van der Waals surface area contributed by atoms with Crippen molar-refractivity contribution in [2.45, 2.75) is 13.0 Å². The van der Waals surface area contributed by atoms with Crippen molar-refractivity contribution in [3.63, 3.8) is 0 Å². The molecule has 0 fully saturated rings. The first kappa shape index (κ1) is 9.91. The van der Waals surface area contributed by atoms with Gasteiger partial charge in [0.1, 0.15) is 5.69 Å². The second-order valence-electron chi connectivity index (χ2n) is 2.30. The van der Waals surface area contributed by atoms with Gasteiger partial charge in [0, 0.05) is 0 Å². The van der Waals surface area contributed by atoms with E-state index in [0.29, 0.717) is 4.57 Å². The molecule has 0 saturated heterocycles. The number of rotatable bonds is 2. The van der Waals surface area contributed by atoms with Crippen LogP contribution in [-0.2, 0) is 6.54 Å². The van der Waals surface area contributed by atoms with E-state index in [4.69, 9.17) is 17.3 Å². The summed E-state index contributed by atoms with van der Waals surface area (Å²) < 4.78 is 24.5. The third kappa shape index (κ3) is 2.15. The highest BCUT2D eigenvalue weighted by Crippen LogP contribution is 2.08. The predicted molar refractivity (Wildman–Crippen MR) is 43.9 cm³/mol. The Labute approximate surface area is 76.9 Å². The summed E-state index contributed by atoms with van der Waals surface area (Å²) in [6.45, 7) is -0.729. The first-order chi connectivity index (χ1) is 6.02. The molecule has 1 heterocycles. The lowest BCUT2D eigenvalue weighted by atomic mass is 10.5. The van der Waals surface area contributed by atoms with E-state index >= 15 is 0 Å². The van der Waals surface area contributed by atoms with Crippen LogP contribution < -0.4 is 11.3 Å². The van der Waals surface area contributed by atoms with E-state index in [1.54, 1.807) is 0 Å². The summed E-state index contributed by atoms with van der Waals surface area (Å²) in [7, 11) is 0. The zero-order valence-corrected chi connectivity index (χ0v) is 7.13. The highest BCUT2D eigenvalue weighted by Gasteiger charge is 2.09. The quantitative estimate of drug-likeness (QED) is 0.731. The van der Waals surface area contributed by atoms with E-state index in [2.05, 4.69) is 4.98 Å². The molecule has 0 aliphatic heterocycles. The Morgan fingerprint density at radius 3 is 2.85 bits per heavy atom. The molecule has 0 spiro atoms. The van der Waals surface area contributed by atoms with Gasteiger partial charge in [0.15, 0.2) is 5.15 Å². The minimum atomic E-state index is -2.62. The monoisotopic (exact) mass is 209 g/mol. The van der Waals surface area contributed by atoms with Crippen LogP contribution in [0.2, 0.25) is 5.15 Å². The van der Waals surface area contributed by atoms with Crippen molar-refractivity contribution in [2.75, 3.05) is 5.73 Å². The molecule has 0 aliphatic carbocycles. The van der Waals surface area contributed by atoms with Crippen LogP contribution in [0, 0.1) is 0 Å². The predicted octanol–water partition coefficient (Wildman–Crippen LogP) is 0.744. The third-order valence-corrected chi connectivity index (χ3v) is 1.66. The van der Waals surface area contributed by atoms with Gasteiger partial charge < -0.3 is 5.73 Å². The molecule has 0 aliphatic rings. The summed E-state index contributed by atoms with van der Waals surface area (Å²) in [5.74, 6) is 0. The first-order valence-electron chi connectivity index (χ1n) is 3.31. The number of anilines is 1. The van der Waals surface area contributed by atoms with Crippen molar-refractivity contribution in [1.29, 1.82) is 0 Å². The summed E-state index contributed by atoms with van der Waals surface area (Å²) in [6, 6.07) is 0. The molecular weight excluding hydrogens is 204 g/mol. The topological polar surface area (TPSA) is 60.9 Å². The van der Waals surface area contributed by atoms with Crippen LogP contribution in [0.4, 0.5) is 14.5 Å². The van der Waals surface area contributed by atoms with Crippen molar-refractivity contribution in [3.05, 3.63) is 21.8 Å². The molecule has 2 N–H and O–H groups in total. The molecule has 1 aromatic heterocycles. The minimum Gasteiger partial charge on any atom is -0.392 e. The standard InChI is InChI=1S/C6H6ClF2N3O/c7-5-4(10)6(13)12(2-11-5)1-3(8)9/h2-3H,1,10H2. The summed E-state index contributed by atoms with van der Waals surface area (Å²) in [5.41, 5.74) is 4.12. The maximum Gasteiger partial charge on any atom is 0.278 e. The molecule has 1 rings (SSSR count). The molecule has 7 heteroatoms. The molecule has 13 heavy (non-hydrogen) atoms. The normalized spacial score (nSPS) is 10.8. The van der Waals surface area contributed by atoms with Gasteiger partial charge in [0.25, 0.3) is 12.0 Å². The minimum absolute atomic E-state index is 0.171. The van der Waals surface area contributed by atoms with Gasteiger partial charge in [0.05, 0.1) is 12.9 Å². The van der Waals surface area contributed by atoms with Gasteiger partial charge in [-0.05, 0) is 0 Å². The zero-order chi connectivity index (χ0) is 10.0. The largest absolute Gasteiger partial charge is 0.392 e. The second-order valence-corrected chi connectivity index (χ2v) is 2.66. The number of hydrogen-bond donors (Lipinski definition) is 1. The van der Waals surface area contributed by atoms with E-state index in [0.717, 1.165) is 6.33 Å². The molecule has 0 amide bonds. The SMILES string of the molecule is Nc1c(Cl)ncn(CC(F)F)c1=O. The molecule has 0 aromatic carbocycles. The molecule has 0 bridgehead atoms. The zero-order valence-electron chi connectivity index (χ0n) is 6.38. The van der Waals surface area contributed by atoms with Crippen LogP contribution in [0.3, 0.4) is 0 Å². The number of alkyl halides is 2. The van der Waals surface area contributed by atoms with Crippen molar-refractivity contribution in [1.82, 2.24) is 9.55 Å². The maximum atomic E-state index is 11.9. The van der Waals surface area contributed by atoms with E-state index < -0.39 is 18.5 Å². The fourth-order valence-corrected chi connectivity index (χ4v) is 0.889. The number of nitrogens with zero attached hydrogens (tertiary/aromatic N) is 2. The van der Waals surface area contributed by atoms with Crippen LogP contribution in [0.25, 0.3) is 0 Å². The van der Waals surface area contributed by atoms with Gasteiger partial charge in [0.2, 0.25) is 0 Å². The summed E-state index contributed by atoms with van der Waals surface area (Å²) in [5, 5.41) is -0.171. The van der Waals surface area contributed by atoms with Crippen LogP contribution in [-0.4, -0.2) is 16.0 Å². The number of nitrogen functional groups attached to an aromatic ring is 1. The van der Waals surface area contributed by atoms with Crippen LogP contribution in [0.15, 0.2) is 11.1 Å². The second kappa shape index (κ2) is 3.69. The van der Waals surface area contributed by atoms with Gasteiger partial charge in [-0.1, -0.05) is 11.6 Å². The lowest BCUT2D eigenvalue weighted by Gasteiger charge is -2.04. The van der Waals surface area contributed by atoms with Gasteiger partial charge in [-0.25, -0.2) is 13.8 Å². The fourth-order valence-electron chi connectivity index (χ4n) is 0.764. The number of hydrogen-bond acceptors (Lipinski definition) is 3. The van der Waals surface area contributed by atoms with Crippen molar-refractivity contribution < 1.29 is 8.78 Å². The Morgan fingerprint density at radius 2 is 2.31 bits per heavy atom. The van der Waals surface area contributed by atoms with E-state index in [1.807, 2.05) is 0 Å². The molecule has 0 unspecified atom stereocenters. The molecule has 4 nitrogen and oxygen atoms in total. The van der Waals surface area contributed by atoms with E-state index in [9.17, 15) is 13.6 Å². The van der Waals surface area contributed by atoms with Gasteiger partial charge >= 0.3 is 0 Å². The molecule has 1 aromatic rings. The van der Waals surface area contributed by atoms with Crippen LogP contribution in [0.1, 0.15) is 0 Å². The summed E-state index contributed by atoms with van der Waals surface area (Å²) in [4.78, 5) is 14.6. The Kier molecular flexibility index (Phi) is 2.82. The lowest BCUT2D eigenvalue weighted by molar-refractivity contribution is 0.125. The number of aromatic nitrogens is 2. The fraction of sp³-hybridized carbons (Fsp3) is 0.333. The Morgan fingerprint density at radius 1 is 1.69 bits per heavy atom. The third-order valence-electron chi connectivity index (χ3n) is 1.36. The van der Waals surface area contributed by atoms with E-state index in [1.165, 1.54) is 0 Å². The average molecular weight is 210 g/mol. The van der Waals surface area contributed by atoms with Gasteiger partial charge in [-0.3, -0.25) is 9.36 Å². The van der Waals surface area contributed by atoms with Gasteiger partial charge in [-0.15, -0.1) is 0 Å². The number of nitrogens with two attached hydrogens (primary N) is 1.